The van der Waals surface area contributed by atoms with Crippen LogP contribution in [-0.2, 0) is 11.3 Å². The van der Waals surface area contributed by atoms with Crippen molar-refractivity contribution in [2.45, 2.75) is 33.7 Å². The van der Waals surface area contributed by atoms with Crippen molar-refractivity contribution in [3.63, 3.8) is 0 Å². The Bertz CT molecular complexity index is 1180. The van der Waals surface area contributed by atoms with Gasteiger partial charge >= 0.3 is 11.6 Å². The number of halogens is 1. The molecule has 1 aliphatic heterocycles. The first kappa shape index (κ1) is 20.3. The molecule has 1 aliphatic rings. The standard InChI is InChI=1S/C23H22ClNO5/c1-4-9-28-23(27)15-5-7-16(8-6-15)25-11-18-20-17(10-19(24)21(18)29-12-25)13(2)14(3)22(26)30-20/h5-8,10H,4,9,11-12H2,1-3H3. The molecule has 0 saturated heterocycles. The quantitative estimate of drug-likeness (QED) is 0.431. The predicted molar refractivity (Wildman–Crippen MR) is 116 cm³/mol. The van der Waals surface area contributed by atoms with Crippen molar-refractivity contribution >= 4 is 34.2 Å². The van der Waals surface area contributed by atoms with E-state index >= 15 is 0 Å². The molecule has 0 unspecified atom stereocenters. The van der Waals surface area contributed by atoms with Crippen LogP contribution in [0.2, 0.25) is 5.02 Å². The zero-order valence-corrected chi connectivity index (χ0v) is 17.8. The summed E-state index contributed by atoms with van der Waals surface area (Å²) < 4.78 is 16.7. The van der Waals surface area contributed by atoms with Crippen molar-refractivity contribution in [1.82, 2.24) is 0 Å². The molecule has 1 aromatic heterocycles. The maximum atomic E-state index is 12.3. The van der Waals surface area contributed by atoms with Crippen molar-refractivity contribution in [1.29, 1.82) is 0 Å². The first-order valence-corrected chi connectivity index (χ1v) is 10.2. The highest BCUT2D eigenvalue weighted by Gasteiger charge is 2.26. The van der Waals surface area contributed by atoms with E-state index in [9.17, 15) is 9.59 Å². The Hall–Kier alpha value is -2.99. The second kappa shape index (κ2) is 8.03. The largest absolute Gasteiger partial charge is 0.471 e. The number of ether oxygens (including phenoxy) is 2. The van der Waals surface area contributed by atoms with E-state index in [0.717, 1.165) is 28.6 Å². The molecule has 2 aromatic carbocycles. The first-order valence-electron chi connectivity index (χ1n) is 9.81. The Labute approximate surface area is 179 Å². The SMILES string of the molecule is CCCOC(=O)c1ccc(N2COc3c(Cl)cc4c(C)c(C)c(=O)oc4c3C2)cc1. The molecule has 156 valence electrons. The summed E-state index contributed by atoms with van der Waals surface area (Å²) in [5, 5.41) is 1.29. The van der Waals surface area contributed by atoms with Gasteiger partial charge in [-0.3, -0.25) is 0 Å². The van der Waals surface area contributed by atoms with Crippen molar-refractivity contribution in [3.05, 3.63) is 68.0 Å². The smallest absolute Gasteiger partial charge is 0.339 e. The number of carbonyl (C=O) groups excluding carboxylic acids is 1. The van der Waals surface area contributed by atoms with Crippen LogP contribution >= 0.6 is 11.6 Å². The number of rotatable bonds is 4. The van der Waals surface area contributed by atoms with Gasteiger partial charge in [-0.15, -0.1) is 0 Å². The van der Waals surface area contributed by atoms with Crippen molar-refractivity contribution in [3.8, 4) is 5.75 Å². The molecule has 3 aromatic rings. The molecule has 0 fully saturated rings. The van der Waals surface area contributed by atoms with Gasteiger partial charge in [0.15, 0.2) is 6.73 Å². The van der Waals surface area contributed by atoms with E-state index in [1.165, 1.54) is 0 Å². The Kier molecular flexibility index (Phi) is 5.43. The van der Waals surface area contributed by atoms with Crippen LogP contribution in [0.4, 0.5) is 5.69 Å². The van der Waals surface area contributed by atoms with Crippen molar-refractivity contribution in [2.75, 3.05) is 18.2 Å². The summed E-state index contributed by atoms with van der Waals surface area (Å²) in [5.74, 6) is 0.195. The summed E-state index contributed by atoms with van der Waals surface area (Å²) in [5.41, 5.74) is 3.64. The number of hydrogen-bond donors (Lipinski definition) is 0. The fourth-order valence-electron chi connectivity index (χ4n) is 3.52. The van der Waals surface area contributed by atoms with Gasteiger partial charge in [0, 0.05) is 16.6 Å². The molecule has 30 heavy (non-hydrogen) atoms. The van der Waals surface area contributed by atoms with E-state index in [1.54, 1.807) is 25.1 Å². The number of benzene rings is 2. The highest BCUT2D eigenvalue weighted by atomic mass is 35.5. The van der Waals surface area contributed by atoms with E-state index in [4.69, 9.17) is 25.5 Å². The fourth-order valence-corrected chi connectivity index (χ4v) is 3.80. The zero-order chi connectivity index (χ0) is 21.4. The monoisotopic (exact) mass is 427 g/mol. The van der Waals surface area contributed by atoms with Crippen LogP contribution in [-0.4, -0.2) is 19.3 Å². The summed E-state index contributed by atoms with van der Waals surface area (Å²) in [6.45, 7) is 6.71. The van der Waals surface area contributed by atoms with Crippen LogP contribution in [0.5, 0.6) is 5.75 Å². The minimum absolute atomic E-state index is 0.285. The third kappa shape index (κ3) is 3.52. The maximum Gasteiger partial charge on any atom is 0.339 e. The Morgan fingerprint density at radius 1 is 1.20 bits per heavy atom. The minimum atomic E-state index is -0.364. The van der Waals surface area contributed by atoms with Gasteiger partial charge in [-0.1, -0.05) is 18.5 Å². The van der Waals surface area contributed by atoms with Gasteiger partial charge in [0.25, 0.3) is 0 Å². The molecule has 0 aliphatic carbocycles. The van der Waals surface area contributed by atoms with Crippen LogP contribution in [0.15, 0.2) is 39.5 Å². The number of aryl methyl sites for hydroxylation is 1. The molecule has 7 heteroatoms. The molecule has 0 atom stereocenters. The maximum absolute atomic E-state index is 12.3. The van der Waals surface area contributed by atoms with E-state index in [-0.39, 0.29) is 18.3 Å². The third-order valence-electron chi connectivity index (χ3n) is 5.37. The Morgan fingerprint density at radius 2 is 1.93 bits per heavy atom. The summed E-state index contributed by atoms with van der Waals surface area (Å²) in [4.78, 5) is 26.2. The first-order chi connectivity index (χ1) is 14.4. The molecule has 0 spiro atoms. The normalized spacial score (nSPS) is 13.1. The molecule has 0 amide bonds. The fraction of sp³-hybridized carbons (Fsp3) is 0.304. The molecule has 2 heterocycles. The number of nitrogens with zero attached hydrogens (tertiary/aromatic N) is 1. The van der Waals surface area contributed by atoms with E-state index in [0.29, 0.717) is 40.6 Å². The van der Waals surface area contributed by atoms with Gasteiger partial charge in [-0.2, -0.15) is 0 Å². The third-order valence-corrected chi connectivity index (χ3v) is 5.65. The average molecular weight is 428 g/mol. The minimum Gasteiger partial charge on any atom is -0.471 e. The number of fused-ring (bicyclic) bond motifs is 3. The lowest BCUT2D eigenvalue weighted by molar-refractivity contribution is 0.0505. The lowest BCUT2D eigenvalue weighted by atomic mass is 10.0. The second-order valence-corrected chi connectivity index (χ2v) is 7.74. The predicted octanol–water partition coefficient (Wildman–Crippen LogP) is 4.99. The molecular weight excluding hydrogens is 406 g/mol. The number of carbonyl (C=O) groups is 1. The highest BCUT2D eigenvalue weighted by Crippen LogP contribution is 2.40. The number of hydrogen-bond acceptors (Lipinski definition) is 6. The van der Waals surface area contributed by atoms with Crippen LogP contribution in [0.3, 0.4) is 0 Å². The summed E-state index contributed by atoms with van der Waals surface area (Å²) >= 11 is 6.46. The molecular formula is C23H22ClNO5. The molecule has 0 radical (unpaired) electrons. The highest BCUT2D eigenvalue weighted by molar-refractivity contribution is 6.33. The van der Waals surface area contributed by atoms with Gasteiger partial charge in [-0.05, 0) is 56.2 Å². The van der Waals surface area contributed by atoms with Gasteiger partial charge in [0.05, 0.1) is 29.3 Å². The van der Waals surface area contributed by atoms with Gasteiger partial charge in [0.1, 0.15) is 11.3 Å². The summed E-state index contributed by atoms with van der Waals surface area (Å²) in [7, 11) is 0. The zero-order valence-electron chi connectivity index (χ0n) is 17.1. The Balaban J connectivity index is 1.68. The van der Waals surface area contributed by atoms with Crippen molar-refractivity contribution in [2.24, 2.45) is 0 Å². The molecule has 4 rings (SSSR count). The number of esters is 1. The molecule has 0 N–H and O–H groups in total. The van der Waals surface area contributed by atoms with Crippen LogP contribution in [0.1, 0.15) is 40.4 Å². The van der Waals surface area contributed by atoms with Crippen molar-refractivity contribution < 1.29 is 18.7 Å². The van der Waals surface area contributed by atoms with Gasteiger partial charge in [-0.25, -0.2) is 9.59 Å². The van der Waals surface area contributed by atoms with Crippen LogP contribution in [0, 0.1) is 13.8 Å². The molecule has 0 bridgehead atoms. The van der Waals surface area contributed by atoms with E-state index in [1.807, 2.05) is 30.9 Å². The van der Waals surface area contributed by atoms with Crippen LogP contribution in [0.25, 0.3) is 11.0 Å². The summed E-state index contributed by atoms with van der Waals surface area (Å²) in [6, 6.07) is 8.93. The lowest BCUT2D eigenvalue weighted by Gasteiger charge is -2.31. The lowest BCUT2D eigenvalue weighted by Crippen LogP contribution is -2.32. The topological polar surface area (TPSA) is 69.0 Å². The van der Waals surface area contributed by atoms with Crippen LogP contribution < -0.4 is 15.3 Å². The van der Waals surface area contributed by atoms with Gasteiger partial charge < -0.3 is 18.8 Å². The molecule has 6 nitrogen and oxygen atoms in total. The second-order valence-electron chi connectivity index (χ2n) is 7.34. The van der Waals surface area contributed by atoms with E-state index < -0.39 is 0 Å². The Morgan fingerprint density at radius 3 is 2.63 bits per heavy atom. The molecule has 0 saturated carbocycles. The average Bonchev–Trinajstić information content (AvgIpc) is 2.77. The van der Waals surface area contributed by atoms with Gasteiger partial charge in [0.2, 0.25) is 0 Å². The number of anilines is 1. The van der Waals surface area contributed by atoms with E-state index in [2.05, 4.69) is 0 Å². The summed E-state index contributed by atoms with van der Waals surface area (Å²) in [6.07, 6.45) is 0.778.